The molecule has 5 nitrogen and oxygen atoms in total. The first kappa shape index (κ1) is 16.3. The molecule has 1 amide bonds. The molecular formula is C17H23NO4. The van der Waals surface area contributed by atoms with Crippen LogP contribution in [0.3, 0.4) is 0 Å². The highest BCUT2D eigenvalue weighted by atomic mass is 16.5. The predicted octanol–water partition coefficient (Wildman–Crippen LogP) is 2.23. The van der Waals surface area contributed by atoms with E-state index in [0.29, 0.717) is 0 Å². The number of methoxy groups -OCH3 is 1. The van der Waals surface area contributed by atoms with Crippen molar-refractivity contribution in [2.75, 3.05) is 13.7 Å². The molecule has 1 saturated carbocycles. The number of hydrogen-bond donors (Lipinski definition) is 1. The van der Waals surface area contributed by atoms with Gasteiger partial charge in [-0.1, -0.05) is 31.4 Å². The van der Waals surface area contributed by atoms with Gasteiger partial charge in [-0.2, -0.15) is 0 Å². The lowest BCUT2D eigenvalue weighted by atomic mass is 9.95. The molecule has 0 aliphatic heterocycles. The molecule has 0 spiro atoms. The minimum absolute atomic E-state index is 0.153. The molecule has 1 aliphatic carbocycles. The highest BCUT2D eigenvalue weighted by Gasteiger charge is 2.16. The Balaban J connectivity index is 1.68. The van der Waals surface area contributed by atoms with E-state index in [1.54, 1.807) is 19.2 Å². The van der Waals surface area contributed by atoms with Crippen LogP contribution in [-0.2, 0) is 20.7 Å². The summed E-state index contributed by atoms with van der Waals surface area (Å²) in [7, 11) is 1.59. The number of rotatable bonds is 6. The highest BCUT2D eigenvalue weighted by molar-refractivity contribution is 5.81. The minimum Gasteiger partial charge on any atom is -0.497 e. The maximum Gasteiger partial charge on any atom is 0.310 e. The third kappa shape index (κ3) is 5.39. The van der Waals surface area contributed by atoms with Gasteiger partial charge < -0.3 is 14.8 Å². The Morgan fingerprint density at radius 2 is 1.82 bits per heavy atom. The summed E-state index contributed by atoms with van der Waals surface area (Å²) in [6, 6.07) is 7.43. The van der Waals surface area contributed by atoms with Gasteiger partial charge in [0, 0.05) is 6.04 Å². The predicted molar refractivity (Wildman–Crippen MR) is 82.7 cm³/mol. The number of hydrogen-bond acceptors (Lipinski definition) is 4. The Bertz CT molecular complexity index is 492. The smallest absolute Gasteiger partial charge is 0.310 e. The maximum atomic E-state index is 11.7. The summed E-state index contributed by atoms with van der Waals surface area (Å²) < 4.78 is 10.1. The van der Waals surface area contributed by atoms with Gasteiger partial charge in [0.25, 0.3) is 5.91 Å². The number of carbonyl (C=O) groups excluding carboxylic acids is 2. The van der Waals surface area contributed by atoms with Crippen molar-refractivity contribution in [1.29, 1.82) is 0 Å². The van der Waals surface area contributed by atoms with Crippen LogP contribution in [0, 0.1) is 0 Å². The lowest BCUT2D eigenvalue weighted by molar-refractivity contribution is -0.148. The Morgan fingerprint density at radius 3 is 2.45 bits per heavy atom. The summed E-state index contributed by atoms with van der Waals surface area (Å²) in [4.78, 5) is 23.5. The van der Waals surface area contributed by atoms with E-state index in [9.17, 15) is 9.59 Å². The summed E-state index contributed by atoms with van der Waals surface area (Å²) in [5, 5.41) is 2.92. The van der Waals surface area contributed by atoms with E-state index < -0.39 is 5.97 Å². The van der Waals surface area contributed by atoms with Crippen LogP contribution in [0.2, 0.25) is 0 Å². The highest BCUT2D eigenvalue weighted by Crippen LogP contribution is 2.17. The quantitative estimate of drug-likeness (QED) is 0.819. The molecule has 0 bridgehead atoms. The number of esters is 1. The second-order valence-corrected chi connectivity index (χ2v) is 5.59. The molecule has 0 radical (unpaired) electrons. The third-order valence-corrected chi connectivity index (χ3v) is 3.84. The molecule has 22 heavy (non-hydrogen) atoms. The van der Waals surface area contributed by atoms with Crippen molar-refractivity contribution in [3.63, 3.8) is 0 Å². The first-order valence-electron chi connectivity index (χ1n) is 7.75. The van der Waals surface area contributed by atoms with Gasteiger partial charge in [-0.3, -0.25) is 9.59 Å². The van der Waals surface area contributed by atoms with Crippen LogP contribution in [0.25, 0.3) is 0 Å². The fourth-order valence-corrected chi connectivity index (χ4v) is 2.62. The van der Waals surface area contributed by atoms with Crippen LogP contribution in [0.4, 0.5) is 0 Å². The number of amides is 1. The Kier molecular flexibility index (Phi) is 6.25. The van der Waals surface area contributed by atoms with Gasteiger partial charge in [-0.05, 0) is 30.5 Å². The summed E-state index contributed by atoms with van der Waals surface area (Å²) in [5.41, 5.74) is 0.832. The second kappa shape index (κ2) is 8.41. The maximum absolute atomic E-state index is 11.7. The van der Waals surface area contributed by atoms with Crippen LogP contribution >= 0.6 is 0 Å². The molecule has 0 atom stereocenters. The fraction of sp³-hybridized carbons (Fsp3) is 0.529. The number of ether oxygens (including phenoxy) is 2. The third-order valence-electron chi connectivity index (χ3n) is 3.84. The molecule has 1 N–H and O–H groups in total. The van der Waals surface area contributed by atoms with Crippen molar-refractivity contribution in [2.24, 2.45) is 0 Å². The topological polar surface area (TPSA) is 64.6 Å². The SMILES string of the molecule is COc1ccc(CC(=O)OCC(=O)NC2CCCCC2)cc1. The molecule has 0 saturated heterocycles. The van der Waals surface area contributed by atoms with Crippen LogP contribution in [0.5, 0.6) is 5.75 Å². The monoisotopic (exact) mass is 305 g/mol. The molecule has 5 heteroatoms. The molecule has 0 heterocycles. The van der Waals surface area contributed by atoms with Crippen molar-refractivity contribution < 1.29 is 19.1 Å². The van der Waals surface area contributed by atoms with Gasteiger partial charge in [0.15, 0.2) is 6.61 Å². The van der Waals surface area contributed by atoms with Crippen molar-refractivity contribution in [3.8, 4) is 5.75 Å². The summed E-state index contributed by atoms with van der Waals surface area (Å²) in [6.07, 6.45) is 5.74. The summed E-state index contributed by atoms with van der Waals surface area (Å²) in [5.74, 6) is 0.128. The van der Waals surface area contributed by atoms with Gasteiger partial charge in [0.1, 0.15) is 5.75 Å². The molecule has 2 rings (SSSR count). The lowest BCUT2D eigenvalue weighted by Gasteiger charge is -2.22. The van der Waals surface area contributed by atoms with Gasteiger partial charge in [-0.25, -0.2) is 0 Å². The molecule has 1 aromatic carbocycles. The molecule has 0 unspecified atom stereocenters. The molecular weight excluding hydrogens is 282 g/mol. The standard InChI is InChI=1S/C17H23NO4/c1-21-15-9-7-13(8-10-15)11-17(20)22-12-16(19)18-14-5-3-2-4-6-14/h7-10,14H,2-6,11-12H2,1H3,(H,18,19). The normalized spacial score (nSPS) is 15.1. The zero-order valence-electron chi connectivity index (χ0n) is 13.0. The molecule has 120 valence electrons. The van der Waals surface area contributed by atoms with Crippen LogP contribution in [0.15, 0.2) is 24.3 Å². The minimum atomic E-state index is -0.399. The second-order valence-electron chi connectivity index (χ2n) is 5.59. The zero-order valence-corrected chi connectivity index (χ0v) is 13.0. The molecule has 1 aliphatic rings. The van der Waals surface area contributed by atoms with E-state index in [4.69, 9.17) is 9.47 Å². The zero-order chi connectivity index (χ0) is 15.8. The van der Waals surface area contributed by atoms with E-state index >= 15 is 0 Å². The van der Waals surface area contributed by atoms with Gasteiger partial charge >= 0.3 is 5.97 Å². The van der Waals surface area contributed by atoms with Crippen LogP contribution in [-0.4, -0.2) is 31.6 Å². The first-order valence-corrected chi connectivity index (χ1v) is 7.75. The van der Waals surface area contributed by atoms with Gasteiger partial charge in [0.2, 0.25) is 0 Å². The van der Waals surface area contributed by atoms with Gasteiger partial charge in [0.05, 0.1) is 13.5 Å². The van der Waals surface area contributed by atoms with E-state index in [1.165, 1.54) is 6.42 Å². The molecule has 1 fully saturated rings. The van der Waals surface area contributed by atoms with Crippen molar-refractivity contribution in [2.45, 2.75) is 44.6 Å². The van der Waals surface area contributed by atoms with E-state index in [0.717, 1.165) is 37.0 Å². The van der Waals surface area contributed by atoms with E-state index in [1.807, 2.05) is 12.1 Å². The summed E-state index contributed by atoms with van der Waals surface area (Å²) in [6.45, 7) is -0.203. The Hall–Kier alpha value is -2.04. The van der Waals surface area contributed by atoms with E-state index in [2.05, 4.69) is 5.32 Å². The molecule has 1 aromatic rings. The Morgan fingerprint density at radius 1 is 1.14 bits per heavy atom. The first-order chi connectivity index (χ1) is 10.7. The average molecular weight is 305 g/mol. The van der Waals surface area contributed by atoms with Crippen molar-refractivity contribution in [3.05, 3.63) is 29.8 Å². The largest absolute Gasteiger partial charge is 0.497 e. The number of nitrogens with one attached hydrogen (secondary N) is 1. The fourth-order valence-electron chi connectivity index (χ4n) is 2.62. The van der Waals surface area contributed by atoms with Crippen LogP contribution < -0.4 is 10.1 Å². The van der Waals surface area contributed by atoms with Gasteiger partial charge in [-0.15, -0.1) is 0 Å². The van der Waals surface area contributed by atoms with Crippen molar-refractivity contribution >= 4 is 11.9 Å². The lowest BCUT2D eigenvalue weighted by Crippen LogP contribution is -2.38. The summed E-state index contributed by atoms with van der Waals surface area (Å²) >= 11 is 0. The van der Waals surface area contributed by atoms with E-state index in [-0.39, 0.29) is 25.0 Å². The Labute approximate surface area is 131 Å². The van der Waals surface area contributed by atoms with Crippen molar-refractivity contribution in [1.82, 2.24) is 5.32 Å². The molecule has 0 aromatic heterocycles. The average Bonchev–Trinajstić information content (AvgIpc) is 2.55. The number of carbonyl (C=O) groups is 2. The van der Waals surface area contributed by atoms with Crippen LogP contribution in [0.1, 0.15) is 37.7 Å². The number of benzene rings is 1.